The van der Waals surface area contributed by atoms with Crippen LogP contribution in [-0.4, -0.2) is 31.8 Å². The van der Waals surface area contributed by atoms with E-state index in [9.17, 15) is 4.79 Å². The Kier molecular flexibility index (Phi) is 4.80. The van der Waals surface area contributed by atoms with Crippen molar-refractivity contribution in [3.8, 4) is 5.75 Å². The predicted octanol–water partition coefficient (Wildman–Crippen LogP) is 1.92. The minimum Gasteiger partial charge on any atom is -0.489 e. The summed E-state index contributed by atoms with van der Waals surface area (Å²) in [5.41, 5.74) is 1.23. The van der Waals surface area contributed by atoms with Crippen LogP contribution >= 0.6 is 0 Å². The van der Waals surface area contributed by atoms with Crippen molar-refractivity contribution in [3.63, 3.8) is 0 Å². The van der Waals surface area contributed by atoms with Crippen molar-refractivity contribution in [2.45, 2.75) is 38.3 Å². The highest BCUT2D eigenvalue weighted by Crippen LogP contribution is 2.23. The fourth-order valence-electron chi connectivity index (χ4n) is 2.39. The second kappa shape index (κ2) is 6.57. The number of methoxy groups -OCH3 is 1. The van der Waals surface area contributed by atoms with Gasteiger partial charge in [-0.2, -0.15) is 0 Å². The van der Waals surface area contributed by atoms with E-state index in [1.165, 1.54) is 12.7 Å². The van der Waals surface area contributed by atoms with E-state index in [0.717, 1.165) is 18.6 Å². The van der Waals surface area contributed by atoms with Gasteiger partial charge in [0.05, 0.1) is 7.11 Å². The molecule has 19 heavy (non-hydrogen) atoms. The fraction of sp³-hybridized carbons (Fsp3) is 0.533. The summed E-state index contributed by atoms with van der Waals surface area (Å²) < 4.78 is 10.8. The molecule has 1 aromatic carbocycles. The van der Waals surface area contributed by atoms with E-state index in [1.54, 1.807) is 0 Å². The molecule has 0 aromatic heterocycles. The van der Waals surface area contributed by atoms with Crippen LogP contribution in [0.15, 0.2) is 24.3 Å². The molecule has 0 bridgehead atoms. The maximum atomic E-state index is 11.4. The largest absolute Gasteiger partial charge is 0.489 e. The highest BCUT2D eigenvalue weighted by atomic mass is 16.5. The third-order valence-electron chi connectivity index (χ3n) is 3.36. The van der Waals surface area contributed by atoms with Gasteiger partial charge < -0.3 is 14.8 Å². The minimum absolute atomic E-state index is 0.0297. The maximum Gasteiger partial charge on any atom is 0.323 e. The van der Waals surface area contributed by atoms with Gasteiger partial charge in [0.15, 0.2) is 0 Å². The number of hydrogen-bond acceptors (Lipinski definition) is 4. The van der Waals surface area contributed by atoms with E-state index in [1.807, 2.05) is 18.2 Å². The molecule has 0 saturated carbocycles. The smallest absolute Gasteiger partial charge is 0.323 e. The van der Waals surface area contributed by atoms with Crippen LogP contribution < -0.4 is 10.1 Å². The van der Waals surface area contributed by atoms with Gasteiger partial charge >= 0.3 is 5.97 Å². The first-order valence-electron chi connectivity index (χ1n) is 6.80. The van der Waals surface area contributed by atoms with Gasteiger partial charge in [0.2, 0.25) is 0 Å². The van der Waals surface area contributed by atoms with Crippen LogP contribution in [0.4, 0.5) is 0 Å². The predicted molar refractivity (Wildman–Crippen MR) is 73.3 cm³/mol. The van der Waals surface area contributed by atoms with Gasteiger partial charge in [0.1, 0.15) is 17.9 Å². The van der Waals surface area contributed by atoms with Crippen molar-refractivity contribution in [2.24, 2.45) is 0 Å². The second-order valence-electron chi connectivity index (χ2n) is 4.82. The quantitative estimate of drug-likeness (QED) is 0.825. The summed E-state index contributed by atoms with van der Waals surface area (Å²) in [4.78, 5) is 11.4. The van der Waals surface area contributed by atoms with E-state index in [2.05, 4.69) is 18.3 Å². The molecule has 2 rings (SSSR count). The summed E-state index contributed by atoms with van der Waals surface area (Å²) in [7, 11) is 1.41. The number of rotatable bonds is 5. The topological polar surface area (TPSA) is 47.6 Å². The lowest BCUT2D eigenvalue weighted by molar-refractivity contribution is -0.142. The number of aryl methyl sites for hydroxylation is 1. The molecule has 0 amide bonds. The van der Waals surface area contributed by atoms with Crippen LogP contribution in [0, 0.1) is 0 Å². The third-order valence-corrected chi connectivity index (χ3v) is 3.36. The van der Waals surface area contributed by atoms with Crippen LogP contribution in [0.3, 0.4) is 0 Å². The molecular formula is C15H21NO3. The van der Waals surface area contributed by atoms with Gasteiger partial charge in [0.25, 0.3) is 0 Å². The Labute approximate surface area is 114 Å². The summed E-state index contributed by atoms with van der Waals surface area (Å²) >= 11 is 0. The lowest BCUT2D eigenvalue weighted by Gasteiger charge is -2.16. The molecule has 1 aliphatic heterocycles. The van der Waals surface area contributed by atoms with Gasteiger partial charge in [-0.05, 0) is 18.1 Å². The molecule has 1 fully saturated rings. The minimum atomic E-state index is -0.242. The maximum absolute atomic E-state index is 11.4. The van der Waals surface area contributed by atoms with Gasteiger partial charge in [0, 0.05) is 13.0 Å². The molecule has 1 N–H and O–H groups in total. The summed E-state index contributed by atoms with van der Waals surface area (Å²) in [6, 6.07) is 7.86. The van der Waals surface area contributed by atoms with Crippen LogP contribution in [0.2, 0.25) is 0 Å². The average Bonchev–Trinajstić information content (AvgIpc) is 2.89. The molecule has 1 heterocycles. The monoisotopic (exact) mass is 263 g/mol. The van der Waals surface area contributed by atoms with E-state index in [-0.39, 0.29) is 18.1 Å². The number of esters is 1. The average molecular weight is 263 g/mol. The Balaban J connectivity index is 1.97. The van der Waals surface area contributed by atoms with Crippen LogP contribution in [0.5, 0.6) is 5.75 Å². The van der Waals surface area contributed by atoms with Gasteiger partial charge in [-0.15, -0.1) is 0 Å². The molecule has 0 radical (unpaired) electrons. The summed E-state index contributed by atoms with van der Waals surface area (Å²) in [6.07, 6.45) is 2.79. The van der Waals surface area contributed by atoms with Crippen molar-refractivity contribution in [1.82, 2.24) is 5.32 Å². The highest BCUT2D eigenvalue weighted by molar-refractivity contribution is 5.76. The Morgan fingerprint density at radius 1 is 1.42 bits per heavy atom. The Morgan fingerprint density at radius 2 is 2.21 bits per heavy atom. The van der Waals surface area contributed by atoms with E-state index in [0.29, 0.717) is 13.0 Å². The van der Waals surface area contributed by atoms with Crippen molar-refractivity contribution in [1.29, 1.82) is 0 Å². The van der Waals surface area contributed by atoms with Crippen LogP contribution in [-0.2, 0) is 16.0 Å². The first-order chi connectivity index (χ1) is 9.24. The first-order valence-corrected chi connectivity index (χ1v) is 6.80. The number of benzene rings is 1. The number of carbonyl (C=O) groups is 1. The Morgan fingerprint density at radius 3 is 2.95 bits per heavy atom. The van der Waals surface area contributed by atoms with Crippen LogP contribution in [0.1, 0.15) is 25.3 Å². The normalized spacial score (nSPS) is 22.2. The van der Waals surface area contributed by atoms with Gasteiger partial charge in [-0.25, -0.2) is 0 Å². The Bertz CT molecular complexity index is 433. The molecule has 1 aromatic rings. The molecule has 4 nitrogen and oxygen atoms in total. The third kappa shape index (κ3) is 3.47. The second-order valence-corrected chi connectivity index (χ2v) is 4.82. The molecule has 0 spiro atoms. The summed E-state index contributed by atoms with van der Waals surface area (Å²) in [5.74, 6) is 0.717. The van der Waals surface area contributed by atoms with Gasteiger partial charge in [-0.1, -0.05) is 31.5 Å². The molecule has 104 valence electrons. The first kappa shape index (κ1) is 13.9. The standard InChI is InChI=1S/C15H21NO3/c1-3-6-11-7-4-5-8-14(11)19-12-9-13(16-10-12)15(17)18-2/h4-5,7-8,12-13,16H,3,6,9-10H2,1-2H3/t12?,13-/m0/s1. The molecular weight excluding hydrogens is 242 g/mol. The number of nitrogens with one attached hydrogen (secondary N) is 1. The lowest BCUT2D eigenvalue weighted by Crippen LogP contribution is -2.31. The zero-order valence-electron chi connectivity index (χ0n) is 11.5. The number of para-hydroxylation sites is 1. The number of carbonyl (C=O) groups excluding carboxylic acids is 1. The molecule has 4 heteroatoms. The molecule has 1 unspecified atom stereocenters. The van der Waals surface area contributed by atoms with Crippen molar-refractivity contribution >= 4 is 5.97 Å². The van der Waals surface area contributed by atoms with E-state index < -0.39 is 0 Å². The summed E-state index contributed by atoms with van der Waals surface area (Å²) in [6.45, 7) is 2.83. The number of hydrogen-bond donors (Lipinski definition) is 1. The highest BCUT2D eigenvalue weighted by Gasteiger charge is 2.31. The molecule has 2 atom stereocenters. The Hall–Kier alpha value is -1.55. The van der Waals surface area contributed by atoms with Crippen molar-refractivity contribution < 1.29 is 14.3 Å². The zero-order valence-corrected chi connectivity index (χ0v) is 11.5. The van der Waals surface area contributed by atoms with Crippen molar-refractivity contribution in [2.75, 3.05) is 13.7 Å². The van der Waals surface area contributed by atoms with Crippen LogP contribution in [0.25, 0.3) is 0 Å². The molecule has 0 aliphatic carbocycles. The molecule has 1 aliphatic rings. The summed E-state index contributed by atoms with van der Waals surface area (Å²) in [5, 5.41) is 3.13. The zero-order chi connectivity index (χ0) is 13.7. The molecule has 1 saturated heterocycles. The van der Waals surface area contributed by atoms with Gasteiger partial charge in [-0.3, -0.25) is 4.79 Å². The van der Waals surface area contributed by atoms with E-state index in [4.69, 9.17) is 9.47 Å². The lowest BCUT2D eigenvalue weighted by atomic mass is 10.1. The number of ether oxygens (including phenoxy) is 2. The SMILES string of the molecule is CCCc1ccccc1OC1CN[C@H](C(=O)OC)C1. The van der Waals surface area contributed by atoms with E-state index >= 15 is 0 Å². The fourth-order valence-corrected chi connectivity index (χ4v) is 2.39. The van der Waals surface area contributed by atoms with Crippen molar-refractivity contribution in [3.05, 3.63) is 29.8 Å².